The number of benzene rings is 3. The second-order valence-electron chi connectivity index (χ2n) is 6.75. The van der Waals surface area contributed by atoms with Crippen LogP contribution in [0.4, 0.5) is 5.69 Å². The molecular weight excluding hydrogens is 478 g/mol. The fraction of sp³-hybridized carbons (Fsp3) is 0.0870. The highest BCUT2D eigenvalue weighted by Crippen LogP contribution is 2.30. The summed E-state index contributed by atoms with van der Waals surface area (Å²) >= 11 is 3.34. The second-order valence-corrected chi connectivity index (χ2v) is 7.60. The fourth-order valence-electron chi connectivity index (χ4n) is 3.06. The highest BCUT2D eigenvalue weighted by atomic mass is 79.9. The molecule has 0 radical (unpaired) electrons. The van der Waals surface area contributed by atoms with Crippen molar-refractivity contribution in [1.82, 2.24) is 10.9 Å². The monoisotopic (exact) mass is 495 g/mol. The summed E-state index contributed by atoms with van der Waals surface area (Å²) in [6.45, 7) is 0.850. The van der Waals surface area contributed by atoms with Gasteiger partial charge in [-0.05, 0) is 58.4 Å². The number of nitrogens with one attached hydrogen (secondary N) is 3. The Morgan fingerprint density at radius 1 is 0.719 bits per heavy atom. The number of carbonyl (C=O) groups excluding carboxylic acids is 3. The molecule has 0 bridgehead atoms. The van der Waals surface area contributed by atoms with Crippen LogP contribution in [0.2, 0.25) is 0 Å². The van der Waals surface area contributed by atoms with Crippen molar-refractivity contribution in [2.75, 3.05) is 18.5 Å². The number of hydrogen-bond donors (Lipinski definition) is 3. The van der Waals surface area contributed by atoms with E-state index in [0.717, 1.165) is 0 Å². The molecule has 8 nitrogen and oxygen atoms in total. The molecule has 0 saturated heterocycles. The lowest BCUT2D eigenvalue weighted by Gasteiger charge is -2.18. The molecule has 4 rings (SSSR count). The zero-order valence-corrected chi connectivity index (χ0v) is 18.3. The number of anilines is 1. The van der Waals surface area contributed by atoms with Gasteiger partial charge in [-0.2, -0.15) is 0 Å². The van der Waals surface area contributed by atoms with Gasteiger partial charge < -0.3 is 14.8 Å². The van der Waals surface area contributed by atoms with Crippen LogP contribution in [0.5, 0.6) is 11.5 Å². The van der Waals surface area contributed by atoms with Crippen LogP contribution in [0.3, 0.4) is 0 Å². The number of fused-ring (bicyclic) bond motifs is 1. The van der Waals surface area contributed by atoms with E-state index >= 15 is 0 Å². The molecule has 0 unspecified atom stereocenters. The smallest absolute Gasteiger partial charge is 0.271 e. The normalized spacial score (nSPS) is 11.9. The van der Waals surface area contributed by atoms with Gasteiger partial charge in [0.1, 0.15) is 13.2 Å². The molecule has 0 atom stereocenters. The molecule has 0 spiro atoms. The van der Waals surface area contributed by atoms with Gasteiger partial charge in [-0.1, -0.05) is 24.3 Å². The molecule has 3 N–H and O–H groups in total. The Morgan fingerprint density at radius 3 is 2.16 bits per heavy atom. The minimum absolute atomic E-state index is 0.190. The largest absolute Gasteiger partial charge is 0.486 e. The number of hydrogen-bond acceptors (Lipinski definition) is 5. The average molecular weight is 496 g/mol. The molecule has 0 aliphatic carbocycles. The number of amides is 3. The van der Waals surface area contributed by atoms with Gasteiger partial charge in [0.15, 0.2) is 11.5 Å². The van der Waals surface area contributed by atoms with Crippen molar-refractivity contribution in [2.24, 2.45) is 0 Å². The van der Waals surface area contributed by atoms with E-state index in [4.69, 9.17) is 9.47 Å². The zero-order chi connectivity index (χ0) is 22.5. The summed E-state index contributed by atoms with van der Waals surface area (Å²) in [6.07, 6.45) is 0. The summed E-state index contributed by atoms with van der Waals surface area (Å²) in [4.78, 5) is 37.8. The maximum absolute atomic E-state index is 12.7. The van der Waals surface area contributed by atoms with E-state index in [-0.39, 0.29) is 11.5 Å². The van der Waals surface area contributed by atoms with Gasteiger partial charge in [0, 0.05) is 10.0 Å². The van der Waals surface area contributed by atoms with Crippen LogP contribution < -0.4 is 25.6 Å². The van der Waals surface area contributed by atoms with E-state index in [1.807, 2.05) is 0 Å². The van der Waals surface area contributed by atoms with Crippen molar-refractivity contribution >= 4 is 39.3 Å². The third-order valence-corrected chi connectivity index (χ3v) is 5.32. The molecule has 0 fully saturated rings. The number of para-hydroxylation sites is 1. The molecule has 1 aliphatic rings. The first kappa shape index (κ1) is 21.4. The Balaban J connectivity index is 1.43. The Kier molecular flexibility index (Phi) is 6.37. The van der Waals surface area contributed by atoms with Gasteiger partial charge in [0.05, 0.1) is 16.8 Å². The predicted molar refractivity (Wildman–Crippen MR) is 121 cm³/mol. The molecule has 32 heavy (non-hydrogen) atoms. The lowest BCUT2D eigenvalue weighted by molar-refractivity contribution is 0.0846. The van der Waals surface area contributed by atoms with Crippen LogP contribution in [-0.2, 0) is 0 Å². The van der Waals surface area contributed by atoms with E-state index in [1.54, 1.807) is 66.7 Å². The number of hydrazine groups is 1. The van der Waals surface area contributed by atoms with Crippen LogP contribution in [0.1, 0.15) is 31.1 Å². The quantitative estimate of drug-likeness (QED) is 0.480. The van der Waals surface area contributed by atoms with E-state index < -0.39 is 11.8 Å². The third kappa shape index (κ3) is 4.73. The molecule has 1 aliphatic heterocycles. The second kappa shape index (κ2) is 9.52. The van der Waals surface area contributed by atoms with Crippen molar-refractivity contribution in [1.29, 1.82) is 0 Å². The molecule has 1 heterocycles. The van der Waals surface area contributed by atoms with Gasteiger partial charge in [-0.15, -0.1) is 0 Å². The standard InChI is InChI=1S/C23H18BrN3O5/c24-17-7-3-1-5-15(17)22(29)25-18-8-4-2-6-16(18)23(30)27-26-21(28)14-9-10-19-20(13-14)32-12-11-31-19/h1-10,13H,11-12H2,(H,25,29)(H,26,28)(H,27,30). The zero-order valence-electron chi connectivity index (χ0n) is 16.7. The Hall–Kier alpha value is -3.85. The van der Waals surface area contributed by atoms with Crippen molar-refractivity contribution < 1.29 is 23.9 Å². The van der Waals surface area contributed by atoms with Gasteiger partial charge in [0.25, 0.3) is 17.7 Å². The van der Waals surface area contributed by atoms with Crippen molar-refractivity contribution in [3.63, 3.8) is 0 Å². The summed E-state index contributed by atoms with van der Waals surface area (Å²) in [5.41, 5.74) is 5.96. The summed E-state index contributed by atoms with van der Waals surface area (Å²) in [5.74, 6) is -0.455. The predicted octanol–water partition coefficient (Wildman–Crippen LogP) is 3.55. The minimum atomic E-state index is -0.584. The third-order valence-electron chi connectivity index (χ3n) is 4.63. The van der Waals surface area contributed by atoms with Crippen molar-refractivity contribution in [3.8, 4) is 11.5 Å². The highest BCUT2D eigenvalue weighted by molar-refractivity contribution is 9.10. The summed E-state index contributed by atoms with van der Waals surface area (Å²) < 4.78 is 11.5. The topological polar surface area (TPSA) is 106 Å². The molecule has 3 aromatic carbocycles. The van der Waals surface area contributed by atoms with Crippen LogP contribution in [0.25, 0.3) is 0 Å². The molecule has 9 heteroatoms. The Morgan fingerprint density at radius 2 is 1.38 bits per heavy atom. The molecular formula is C23H18BrN3O5. The fourth-order valence-corrected chi connectivity index (χ4v) is 3.53. The maximum atomic E-state index is 12.7. The number of carbonyl (C=O) groups is 3. The summed E-state index contributed by atoms with van der Waals surface area (Å²) in [6, 6.07) is 18.2. The maximum Gasteiger partial charge on any atom is 0.271 e. The lowest BCUT2D eigenvalue weighted by atomic mass is 10.1. The summed E-state index contributed by atoms with van der Waals surface area (Å²) in [5, 5.41) is 2.73. The molecule has 3 aromatic rings. The first-order chi connectivity index (χ1) is 15.5. The Labute approximate surface area is 192 Å². The van der Waals surface area contributed by atoms with Crippen molar-refractivity contribution in [2.45, 2.75) is 0 Å². The number of ether oxygens (including phenoxy) is 2. The number of rotatable bonds is 4. The van der Waals surface area contributed by atoms with Gasteiger partial charge in [0.2, 0.25) is 0 Å². The highest BCUT2D eigenvalue weighted by Gasteiger charge is 2.18. The minimum Gasteiger partial charge on any atom is -0.486 e. The average Bonchev–Trinajstić information content (AvgIpc) is 2.82. The van der Waals surface area contributed by atoms with Gasteiger partial charge >= 0.3 is 0 Å². The van der Waals surface area contributed by atoms with Gasteiger partial charge in [-0.3, -0.25) is 25.2 Å². The van der Waals surface area contributed by atoms with Crippen LogP contribution in [0.15, 0.2) is 71.2 Å². The van der Waals surface area contributed by atoms with Crippen LogP contribution >= 0.6 is 15.9 Å². The van der Waals surface area contributed by atoms with E-state index in [2.05, 4.69) is 32.1 Å². The van der Waals surface area contributed by atoms with E-state index in [1.165, 1.54) is 0 Å². The first-order valence-corrected chi connectivity index (χ1v) is 10.5. The lowest BCUT2D eigenvalue weighted by Crippen LogP contribution is -2.42. The molecule has 3 amide bonds. The van der Waals surface area contributed by atoms with Crippen LogP contribution in [0, 0.1) is 0 Å². The summed E-state index contributed by atoms with van der Waals surface area (Å²) in [7, 11) is 0. The Bertz CT molecular complexity index is 1200. The first-order valence-electron chi connectivity index (χ1n) is 9.68. The van der Waals surface area contributed by atoms with Crippen molar-refractivity contribution in [3.05, 3.63) is 87.9 Å². The van der Waals surface area contributed by atoms with E-state index in [0.29, 0.717) is 46.0 Å². The van der Waals surface area contributed by atoms with E-state index in [9.17, 15) is 14.4 Å². The molecule has 0 aromatic heterocycles. The molecule has 0 saturated carbocycles. The number of halogens is 1. The van der Waals surface area contributed by atoms with Gasteiger partial charge in [-0.25, -0.2) is 0 Å². The van der Waals surface area contributed by atoms with Crippen LogP contribution in [-0.4, -0.2) is 30.9 Å². The SMILES string of the molecule is O=C(NNC(=O)c1ccccc1NC(=O)c1ccccc1Br)c1ccc2c(c1)OCCO2. The molecule has 162 valence electrons.